The number of aromatic nitrogens is 3. The van der Waals surface area contributed by atoms with Crippen molar-refractivity contribution in [3.8, 4) is 5.75 Å². The van der Waals surface area contributed by atoms with Gasteiger partial charge >= 0.3 is 0 Å². The molecule has 1 atom stereocenters. The average molecular weight is 354 g/mol. The molecule has 136 valence electrons. The summed E-state index contributed by atoms with van der Waals surface area (Å²) in [5.41, 5.74) is 2.95. The van der Waals surface area contributed by atoms with Crippen LogP contribution in [-0.2, 0) is 13.7 Å². The summed E-state index contributed by atoms with van der Waals surface area (Å²) in [4.78, 5) is 12.7. The normalized spacial score (nSPS) is 12.0. The lowest BCUT2D eigenvalue weighted by atomic mass is 10.1. The predicted octanol–water partition coefficient (Wildman–Crippen LogP) is 3.09. The van der Waals surface area contributed by atoms with Gasteiger partial charge in [-0.3, -0.25) is 9.48 Å². The van der Waals surface area contributed by atoms with Crippen LogP contribution in [0.5, 0.6) is 5.75 Å². The van der Waals surface area contributed by atoms with Crippen LogP contribution in [0.25, 0.3) is 0 Å². The molecule has 0 fully saturated rings. The number of carbonyl (C=O) groups excluding carboxylic acids is 1. The number of para-hydroxylation sites is 1. The van der Waals surface area contributed by atoms with E-state index in [1.54, 1.807) is 16.8 Å². The molecule has 0 aliphatic heterocycles. The van der Waals surface area contributed by atoms with E-state index in [9.17, 15) is 4.79 Å². The Morgan fingerprint density at radius 1 is 1.31 bits per heavy atom. The van der Waals surface area contributed by atoms with Crippen molar-refractivity contribution in [2.75, 3.05) is 0 Å². The minimum absolute atomic E-state index is 0.209. The van der Waals surface area contributed by atoms with Gasteiger partial charge in [-0.2, -0.15) is 5.10 Å². The van der Waals surface area contributed by atoms with Gasteiger partial charge in [-0.1, -0.05) is 17.3 Å². The minimum atomic E-state index is -0.211. The Morgan fingerprint density at radius 3 is 2.73 bits per heavy atom. The molecule has 0 aliphatic rings. The van der Waals surface area contributed by atoms with Gasteiger partial charge in [0.15, 0.2) is 0 Å². The largest absolute Gasteiger partial charge is 0.488 e. The fraction of sp³-hybridized carbons (Fsp3) is 0.316. The van der Waals surface area contributed by atoms with Crippen LogP contribution in [-0.4, -0.2) is 20.8 Å². The Kier molecular flexibility index (Phi) is 5.06. The molecule has 7 nitrogen and oxygen atoms in total. The molecule has 1 aromatic carbocycles. The Bertz CT molecular complexity index is 894. The third-order valence-electron chi connectivity index (χ3n) is 4.21. The second-order valence-electron chi connectivity index (χ2n) is 6.20. The van der Waals surface area contributed by atoms with Gasteiger partial charge in [-0.25, -0.2) is 0 Å². The molecule has 0 saturated heterocycles. The molecule has 0 unspecified atom stereocenters. The Morgan fingerprint density at radius 2 is 2.08 bits per heavy atom. The first kappa shape index (κ1) is 17.7. The van der Waals surface area contributed by atoms with E-state index in [1.807, 2.05) is 52.2 Å². The van der Waals surface area contributed by atoms with E-state index in [-0.39, 0.29) is 11.9 Å². The molecule has 0 saturated carbocycles. The zero-order valence-electron chi connectivity index (χ0n) is 15.3. The van der Waals surface area contributed by atoms with Crippen molar-refractivity contribution < 1.29 is 14.1 Å². The van der Waals surface area contributed by atoms with Crippen LogP contribution in [0.1, 0.15) is 46.0 Å². The third-order valence-corrected chi connectivity index (χ3v) is 4.21. The summed E-state index contributed by atoms with van der Waals surface area (Å²) in [6, 6.07) is 8.83. The highest BCUT2D eigenvalue weighted by atomic mass is 16.5. The van der Waals surface area contributed by atoms with Crippen molar-refractivity contribution in [2.24, 2.45) is 7.05 Å². The van der Waals surface area contributed by atoms with Crippen molar-refractivity contribution in [1.82, 2.24) is 20.3 Å². The molecule has 0 spiro atoms. The van der Waals surface area contributed by atoms with E-state index in [4.69, 9.17) is 9.26 Å². The highest BCUT2D eigenvalue weighted by Gasteiger charge is 2.18. The molecule has 3 rings (SSSR count). The summed E-state index contributed by atoms with van der Waals surface area (Å²) in [5.74, 6) is 1.02. The van der Waals surface area contributed by atoms with Crippen LogP contribution in [0.2, 0.25) is 0 Å². The highest BCUT2D eigenvalue weighted by molar-refractivity contribution is 5.97. The van der Waals surface area contributed by atoms with E-state index in [0.29, 0.717) is 23.7 Å². The zero-order valence-corrected chi connectivity index (χ0v) is 15.3. The summed E-state index contributed by atoms with van der Waals surface area (Å²) in [6.07, 6.45) is 1.85. The molecule has 1 amide bonds. The maximum atomic E-state index is 12.7. The van der Waals surface area contributed by atoms with Gasteiger partial charge in [-0.05, 0) is 39.0 Å². The first-order valence-corrected chi connectivity index (χ1v) is 8.39. The molecule has 0 aliphatic carbocycles. The Balaban J connectivity index is 1.73. The lowest BCUT2D eigenvalue weighted by Gasteiger charge is -2.14. The Hall–Kier alpha value is -3.09. The molecule has 2 aromatic heterocycles. The number of aryl methyl sites for hydroxylation is 3. The van der Waals surface area contributed by atoms with E-state index in [2.05, 4.69) is 15.6 Å². The smallest absolute Gasteiger partial charge is 0.255 e. The number of hydrogen-bond donors (Lipinski definition) is 1. The van der Waals surface area contributed by atoms with Crippen molar-refractivity contribution in [2.45, 2.75) is 33.4 Å². The predicted molar refractivity (Wildman–Crippen MR) is 95.8 cm³/mol. The van der Waals surface area contributed by atoms with Gasteiger partial charge in [0.25, 0.3) is 5.91 Å². The van der Waals surface area contributed by atoms with E-state index >= 15 is 0 Å². The maximum absolute atomic E-state index is 12.7. The summed E-state index contributed by atoms with van der Waals surface area (Å²) in [7, 11) is 1.84. The number of nitrogens with zero attached hydrogens (tertiary/aromatic N) is 3. The van der Waals surface area contributed by atoms with Crippen LogP contribution >= 0.6 is 0 Å². The standard InChI is InChI=1S/C19H22N4O3/c1-12-16(14(3)26-22-12)11-25-18-8-6-5-7-15(18)19(24)20-13(2)17-9-10-23(4)21-17/h5-10,13H,11H2,1-4H3,(H,20,24)/t13-/m1/s1. The Labute approximate surface area is 151 Å². The maximum Gasteiger partial charge on any atom is 0.255 e. The molecule has 2 heterocycles. The van der Waals surface area contributed by atoms with Crippen LogP contribution in [0.15, 0.2) is 41.1 Å². The second kappa shape index (κ2) is 7.43. The molecule has 7 heteroatoms. The number of hydrogen-bond acceptors (Lipinski definition) is 5. The third kappa shape index (κ3) is 3.77. The van der Waals surface area contributed by atoms with Crippen molar-refractivity contribution in [1.29, 1.82) is 0 Å². The second-order valence-corrected chi connectivity index (χ2v) is 6.20. The number of nitrogens with one attached hydrogen (secondary N) is 1. The van der Waals surface area contributed by atoms with E-state index < -0.39 is 0 Å². The van der Waals surface area contributed by atoms with Crippen LogP contribution in [0, 0.1) is 13.8 Å². The molecular formula is C19H22N4O3. The van der Waals surface area contributed by atoms with Gasteiger partial charge in [0.05, 0.1) is 28.6 Å². The van der Waals surface area contributed by atoms with Gasteiger partial charge in [0.2, 0.25) is 0 Å². The van der Waals surface area contributed by atoms with Crippen LogP contribution in [0.3, 0.4) is 0 Å². The monoisotopic (exact) mass is 354 g/mol. The zero-order chi connectivity index (χ0) is 18.7. The average Bonchev–Trinajstić information content (AvgIpc) is 3.19. The molecule has 0 radical (unpaired) electrons. The first-order chi connectivity index (χ1) is 12.5. The highest BCUT2D eigenvalue weighted by Crippen LogP contribution is 2.22. The fourth-order valence-electron chi connectivity index (χ4n) is 2.65. The number of amides is 1. The first-order valence-electron chi connectivity index (χ1n) is 8.39. The molecule has 0 bridgehead atoms. The summed E-state index contributed by atoms with van der Waals surface area (Å²) in [5, 5.41) is 11.2. The number of ether oxygens (including phenoxy) is 1. The summed E-state index contributed by atoms with van der Waals surface area (Å²) >= 11 is 0. The fourth-order valence-corrected chi connectivity index (χ4v) is 2.65. The van der Waals surface area contributed by atoms with Gasteiger partial charge in [-0.15, -0.1) is 0 Å². The van der Waals surface area contributed by atoms with Crippen LogP contribution in [0.4, 0.5) is 0 Å². The van der Waals surface area contributed by atoms with Gasteiger partial charge in [0.1, 0.15) is 18.1 Å². The van der Waals surface area contributed by atoms with E-state index in [1.165, 1.54) is 0 Å². The molecule has 26 heavy (non-hydrogen) atoms. The van der Waals surface area contributed by atoms with Gasteiger partial charge < -0.3 is 14.6 Å². The van der Waals surface area contributed by atoms with Crippen molar-refractivity contribution in [3.63, 3.8) is 0 Å². The topological polar surface area (TPSA) is 82.2 Å². The summed E-state index contributed by atoms with van der Waals surface area (Å²) in [6.45, 7) is 5.89. The van der Waals surface area contributed by atoms with Gasteiger partial charge in [0, 0.05) is 13.2 Å². The molecular weight excluding hydrogens is 332 g/mol. The lowest BCUT2D eigenvalue weighted by Crippen LogP contribution is -2.27. The minimum Gasteiger partial charge on any atom is -0.488 e. The van der Waals surface area contributed by atoms with Crippen molar-refractivity contribution >= 4 is 5.91 Å². The number of carbonyl (C=O) groups is 1. The summed E-state index contributed by atoms with van der Waals surface area (Å²) < 4.78 is 12.7. The van der Waals surface area contributed by atoms with Crippen LogP contribution < -0.4 is 10.1 Å². The number of rotatable bonds is 6. The van der Waals surface area contributed by atoms with E-state index in [0.717, 1.165) is 17.0 Å². The molecule has 3 aromatic rings. The SMILES string of the molecule is Cc1noc(C)c1COc1ccccc1C(=O)N[C@H](C)c1ccn(C)n1. The van der Waals surface area contributed by atoms with Crippen molar-refractivity contribution in [3.05, 3.63) is 64.8 Å². The lowest BCUT2D eigenvalue weighted by molar-refractivity contribution is 0.0934. The molecule has 1 N–H and O–H groups in total. The quantitative estimate of drug-likeness (QED) is 0.735. The number of benzene rings is 1.